The van der Waals surface area contributed by atoms with Gasteiger partial charge in [0, 0.05) is 61.6 Å². The predicted octanol–water partition coefficient (Wildman–Crippen LogP) is 2.47. The van der Waals surface area contributed by atoms with Gasteiger partial charge in [-0.2, -0.15) is 5.10 Å². The van der Waals surface area contributed by atoms with Gasteiger partial charge in [-0.3, -0.25) is 14.7 Å². The highest BCUT2D eigenvalue weighted by atomic mass is 32.2. The van der Waals surface area contributed by atoms with E-state index >= 15 is 0 Å². The van der Waals surface area contributed by atoms with E-state index in [4.69, 9.17) is 14.7 Å². The molecule has 0 bridgehead atoms. The van der Waals surface area contributed by atoms with Gasteiger partial charge in [-0.1, -0.05) is 0 Å². The van der Waals surface area contributed by atoms with Crippen LogP contribution in [-0.4, -0.2) is 105 Å². The second-order valence-electron chi connectivity index (χ2n) is 9.41. The standard InChI is InChI=1S/C24H35N9O3S2/c1-17-16-20(29-28-17)25-22-21(36-4)23(33-14-12-32(13-15-33)11-10-31(2)3)27-24(26-22)37-19-8-6-18(7-9-19)30-38(5,34)35/h6-9,16,30H,10-15H2,1-5H3,(H2,25,26,27,28,29). The number of aromatic nitrogens is 4. The largest absolute Gasteiger partial charge is 0.490 e. The number of methoxy groups -OCH3 is 1. The van der Waals surface area contributed by atoms with Gasteiger partial charge in [0.1, 0.15) is 0 Å². The second kappa shape index (κ2) is 12.2. The van der Waals surface area contributed by atoms with Crippen molar-refractivity contribution in [2.75, 3.05) is 81.7 Å². The van der Waals surface area contributed by atoms with Crippen LogP contribution in [0, 0.1) is 6.92 Å². The third-order valence-electron chi connectivity index (χ3n) is 5.89. The number of piperazine rings is 1. The summed E-state index contributed by atoms with van der Waals surface area (Å²) in [6, 6.07) is 8.99. The summed E-state index contributed by atoms with van der Waals surface area (Å²) in [6.07, 6.45) is 1.12. The number of hydrogen-bond acceptors (Lipinski definition) is 11. The van der Waals surface area contributed by atoms with Crippen molar-refractivity contribution in [3.8, 4) is 5.75 Å². The lowest BCUT2D eigenvalue weighted by atomic mass is 10.3. The summed E-state index contributed by atoms with van der Waals surface area (Å²) in [4.78, 5) is 17.4. The molecule has 3 aromatic rings. The molecule has 1 aliphatic heterocycles. The topological polar surface area (TPSA) is 132 Å². The van der Waals surface area contributed by atoms with Gasteiger partial charge in [-0.05, 0) is 57.0 Å². The SMILES string of the molecule is COc1c(Nc2cc(C)[nH]n2)nc(Sc2ccc(NS(C)(=O)=O)cc2)nc1N1CCN(CCN(C)C)CC1. The van der Waals surface area contributed by atoms with Crippen molar-refractivity contribution in [1.29, 1.82) is 0 Å². The Labute approximate surface area is 228 Å². The predicted molar refractivity (Wildman–Crippen MR) is 151 cm³/mol. The van der Waals surface area contributed by atoms with Crippen LogP contribution < -0.4 is 19.7 Å². The normalized spacial score (nSPS) is 14.6. The van der Waals surface area contributed by atoms with Crippen molar-refractivity contribution in [3.05, 3.63) is 36.0 Å². The zero-order valence-electron chi connectivity index (χ0n) is 22.4. The van der Waals surface area contributed by atoms with Gasteiger partial charge in [-0.15, -0.1) is 0 Å². The van der Waals surface area contributed by atoms with Gasteiger partial charge < -0.3 is 19.9 Å². The first-order chi connectivity index (χ1) is 18.1. The van der Waals surface area contributed by atoms with Crippen LogP contribution in [0.3, 0.4) is 0 Å². The third kappa shape index (κ3) is 7.72. The molecule has 1 aromatic carbocycles. The zero-order chi connectivity index (χ0) is 27.3. The molecule has 3 N–H and O–H groups in total. The smallest absolute Gasteiger partial charge is 0.229 e. The van der Waals surface area contributed by atoms with Crippen molar-refractivity contribution in [2.45, 2.75) is 17.0 Å². The van der Waals surface area contributed by atoms with Crippen LogP contribution in [0.5, 0.6) is 5.75 Å². The number of benzene rings is 1. The number of nitrogens with zero attached hydrogens (tertiary/aromatic N) is 6. The number of H-pyrrole nitrogens is 1. The fraction of sp³-hybridized carbons (Fsp3) is 0.458. The zero-order valence-corrected chi connectivity index (χ0v) is 24.0. The number of likely N-dealkylation sites (N-methyl/N-ethyl adjacent to an activating group) is 1. The molecule has 0 saturated carbocycles. The monoisotopic (exact) mass is 561 g/mol. The fourth-order valence-corrected chi connectivity index (χ4v) is 5.31. The van der Waals surface area contributed by atoms with E-state index < -0.39 is 10.0 Å². The Morgan fingerprint density at radius 2 is 1.84 bits per heavy atom. The van der Waals surface area contributed by atoms with E-state index in [-0.39, 0.29) is 0 Å². The van der Waals surface area contributed by atoms with Crippen LogP contribution in [0.1, 0.15) is 5.69 Å². The van der Waals surface area contributed by atoms with E-state index in [1.54, 1.807) is 19.2 Å². The Morgan fingerprint density at radius 3 is 2.42 bits per heavy atom. The van der Waals surface area contributed by atoms with E-state index in [9.17, 15) is 8.42 Å². The number of sulfonamides is 1. The van der Waals surface area contributed by atoms with Crippen molar-refractivity contribution in [1.82, 2.24) is 30.0 Å². The van der Waals surface area contributed by atoms with Gasteiger partial charge >= 0.3 is 0 Å². The summed E-state index contributed by atoms with van der Waals surface area (Å²) >= 11 is 1.39. The Hall–Kier alpha value is -3.07. The van der Waals surface area contributed by atoms with E-state index in [1.807, 2.05) is 25.1 Å². The molecule has 0 radical (unpaired) electrons. The molecular formula is C24H35N9O3S2. The maximum absolute atomic E-state index is 11.5. The summed E-state index contributed by atoms with van der Waals surface area (Å²) in [5, 5.41) is 11.0. The number of aryl methyl sites for hydroxylation is 1. The quantitative estimate of drug-likeness (QED) is 0.298. The molecule has 0 unspecified atom stereocenters. The molecule has 0 atom stereocenters. The van der Waals surface area contributed by atoms with Crippen LogP contribution in [0.25, 0.3) is 0 Å². The molecule has 0 aliphatic carbocycles. The molecule has 0 spiro atoms. The van der Waals surface area contributed by atoms with Crippen LogP contribution in [0.15, 0.2) is 40.4 Å². The van der Waals surface area contributed by atoms with Gasteiger partial charge in [-0.25, -0.2) is 18.4 Å². The highest BCUT2D eigenvalue weighted by Gasteiger charge is 2.25. The van der Waals surface area contributed by atoms with Crippen molar-refractivity contribution >= 4 is 44.9 Å². The molecule has 0 amide bonds. The van der Waals surface area contributed by atoms with E-state index in [0.29, 0.717) is 28.2 Å². The summed E-state index contributed by atoms with van der Waals surface area (Å²) < 4.78 is 31.4. The minimum Gasteiger partial charge on any atom is -0.490 e. The summed E-state index contributed by atoms with van der Waals surface area (Å²) in [5.41, 5.74) is 1.42. The highest BCUT2D eigenvalue weighted by Crippen LogP contribution is 2.38. The summed E-state index contributed by atoms with van der Waals surface area (Å²) in [5.74, 6) is 2.44. The van der Waals surface area contributed by atoms with Crippen LogP contribution in [-0.2, 0) is 10.0 Å². The first-order valence-electron chi connectivity index (χ1n) is 12.2. The highest BCUT2D eigenvalue weighted by molar-refractivity contribution is 7.99. The lowest BCUT2D eigenvalue weighted by Crippen LogP contribution is -2.48. The van der Waals surface area contributed by atoms with Gasteiger partial charge in [0.05, 0.1) is 13.4 Å². The maximum atomic E-state index is 11.5. The lowest BCUT2D eigenvalue weighted by Gasteiger charge is -2.36. The first-order valence-corrected chi connectivity index (χ1v) is 14.9. The summed E-state index contributed by atoms with van der Waals surface area (Å²) in [6.45, 7) is 7.47. The molecule has 12 nitrogen and oxygen atoms in total. The fourth-order valence-electron chi connectivity index (χ4n) is 3.99. The molecule has 3 heterocycles. The number of anilines is 4. The third-order valence-corrected chi connectivity index (χ3v) is 7.37. The van der Waals surface area contributed by atoms with Crippen molar-refractivity contribution in [3.63, 3.8) is 0 Å². The van der Waals surface area contributed by atoms with Crippen molar-refractivity contribution in [2.24, 2.45) is 0 Å². The average molecular weight is 562 g/mol. The number of hydrogen-bond donors (Lipinski definition) is 3. The number of ether oxygens (including phenoxy) is 1. The maximum Gasteiger partial charge on any atom is 0.229 e. The molecule has 1 fully saturated rings. The Kier molecular flexibility index (Phi) is 8.97. The molecule has 1 aliphatic rings. The number of aromatic amines is 1. The minimum atomic E-state index is -3.34. The minimum absolute atomic E-state index is 0.497. The van der Waals surface area contributed by atoms with Crippen LogP contribution >= 0.6 is 11.8 Å². The van der Waals surface area contributed by atoms with Gasteiger partial charge in [0.25, 0.3) is 0 Å². The average Bonchev–Trinajstić information content (AvgIpc) is 3.27. The molecule has 1 saturated heterocycles. The van der Waals surface area contributed by atoms with Gasteiger partial charge in [0.2, 0.25) is 15.8 Å². The number of rotatable bonds is 11. The molecule has 206 valence electrons. The molecular weight excluding hydrogens is 526 g/mol. The van der Waals surface area contributed by atoms with Crippen molar-refractivity contribution < 1.29 is 13.2 Å². The van der Waals surface area contributed by atoms with E-state index in [2.05, 4.69) is 49.0 Å². The Bertz CT molecular complexity index is 1320. The van der Waals surface area contributed by atoms with Gasteiger partial charge in [0.15, 0.2) is 22.6 Å². The summed E-state index contributed by atoms with van der Waals surface area (Å²) in [7, 11) is 2.46. The van der Waals surface area contributed by atoms with Crippen LogP contribution in [0.4, 0.5) is 23.1 Å². The van der Waals surface area contributed by atoms with E-state index in [1.165, 1.54) is 11.8 Å². The number of nitrogens with one attached hydrogen (secondary N) is 3. The van der Waals surface area contributed by atoms with Crippen LogP contribution in [0.2, 0.25) is 0 Å². The Morgan fingerprint density at radius 1 is 1.13 bits per heavy atom. The Balaban J connectivity index is 1.60. The molecule has 14 heteroatoms. The van der Waals surface area contributed by atoms with E-state index in [0.717, 1.165) is 61.9 Å². The second-order valence-corrected chi connectivity index (χ2v) is 12.2. The molecule has 38 heavy (non-hydrogen) atoms. The molecule has 4 rings (SSSR count). The lowest BCUT2D eigenvalue weighted by molar-refractivity contribution is 0.228. The first kappa shape index (κ1) is 28.0. The molecule has 2 aromatic heterocycles.